The lowest BCUT2D eigenvalue weighted by atomic mass is 9.84. The van der Waals surface area contributed by atoms with E-state index in [2.05, 4.69) is 28.9 Å². The van der Waals surface area contributed by atoms with E-state index in [9.17, 15) is 4.79 Å². The highest BCUT2D eigenvalue weighted by Crippen LogP contribution is 2.42. The van der Waals surface area contributed by atoms with Crippen LogP contribution in [-0.4, -0.2) is 19.1 Å². The molecule has 4 heteroatoms. The van der Waals surface area contributed by atoms with Gasteiger partial charge in [0.15, 0.2) is 6.61 Å². The Kier molecular flexibility index (Phi) is 4.93. The first-order chi connectivity index (χ1) is 12.8. The Morgan fingerprint density at radius 1 is 1.04 bits per heavy atom. The average Bonchev–Trinajstić information content (AvgIpc) is 3.37. The van der Waals surface area contributed by atoms with Crippen LogP contribution in [0, 0.1) is 0 Å². The number of hydrogen-bond donors (Lipinski definition) is 1. The molecule has 3 nitrogen and oxygen atoms in total. The van der Waals surface area contributed by atoms with Gasteiger partial charge in [-0.2, -0.15) is 0 Å². The van der Waals surface area contributed by atoms with Crippen molar-refractivity contribution in [1.82, 2.24) is 5.32 Å². The number of hydrogen-bond acceptors (Lipinski definition) is 3. The maximum atomic E-state index is 12.3. The minimum atomic E-state index is -0.0546. The molecule has 0 aliphatic heterocycles. The van der Waals surface area contributed by atoms with Gasteiger partial charge >= 0.3 is 0 Å². The molecule has 3 aromatic rings. The fraction of sp³-hybridized carbons (Fsp3) is 0.318. The molecule has 1 aromatic heterocycles. The Labute approximate surface area is 158 Å². The van der Waals surface area contributed by atoms with Gasteiger partial charge in [0, 0.05) is 16.8 Å². The van der Waals surface area contributed by atoms with E-state index in [4.69, 9.17) is 4.74 Å². The van der Waals surface area contributed by atoms with Crippen molar-refractivity contribution in [2.24, 2.45) is 0 Å². The summed E-state index contributed by atoms with van der Waals surface area (Å²) in [5.74, 6) is 0.675. The van der Waals surface area contributed by atoms with Crippen molar-refractivity contribution < 1.29 is 9.53 Å². The maximum Gasteiger partial charge on any atom is 0.257 e. The third kappa shape index (κ3) is 3.61. The molecule has 0 atom stereocenters. The van der Waals surface area contributed by atoms with Crippen molar-refractivity contribution in [3.8, 4) is 5.75 Å². The molecular weight excluding hydrogens is 342 g/mol. The number of thiophene rings is 1. The number of amides is 1. The van der Waals surface area contributed by atoms with Crippen LogP contribution in [0.4, 0.5) is 0 Å². The van der Waals surface area contributed by atoms with Gasteiger partial charge in [0.2, 0.25) is 0 Å². The molecule has 134 valence electrons. The highest BCUT2D eigenvalue weighted by Gasteiger charge is 2.36. The fourth-order valence-electron chi connectivity index (χ4n) is 3.87. The molecule has 1 aliphatic rings. The maximum absolute atomic E-state index is 12.3. The smallest absolute Gasteiger partial charge is 0.257 e. The Morgan fingerprint density at radius 3 is 2.62 bits per heavy atom. The summed E-state index contributed by atoms with van der Waals surface area (Å²) in [6.45, 7) is 0.756. The van der Waals surface area contributed by atoms with Gasteiger partial charge in [-0.1, -0.05) is 49.2 Å². The normalized spacial score (nSPS) is 15.8. The molecule has 0 unspecified atom stereocenters. The topological polar surface area (TPSA) is 38.3 Å². The van der Waals surface area contributed by atoms with Crippen molar-refractivity contribution >= 4 is 28.0 Å². The van der Waals surface area contributed by atoms with Gasteiger partial charge in [-0.25, -0.2) is 0 Å². The summed E-state index contributed by atoms with van der Waals surface area (Å²) in [6.07, 6.45) is 4.78. The van der Waals surface area contributed by atoms with Crippen LogP contribution in [0.25, 0.3) is 10.8 Å². The molecule has 0 radical (unpaired) electrons. The lowest BCUT2D eigenvalue weighted by Gasteiger charge is -2.28. The summed E-state index contributed by atoms with van der Waals surface area (Å²) >= 11 is 1.80. The van der Waals surface area contributed by atoms with E-state index in [0.717, 1.165) is 24.0 Å². The summed E-state index contributed by atoms with van der Waals surface area (Å²) < 4.78 is 5.71. The second kappa shape index (κ2) is 7.50. The van der Waals surface area contributed by atoms with Crippen molar-refractivity contribution in [3.05, 3.63) is 64.9 Å². The highest BCUT2D eigenvalue weighted by molar-refractivity contribution is 7.10. The van der Waals surface area contributed by atoms with Crippen molar-refractivity contribution in [2.75, 3.05) is 13.2 Å². The number of carbonyl (C=O) groups is 1. The van der Waals surface area contributed by atoms with Crippen LogP contribution < -0.4 is 10.1 Å². The Hall–Kier alpha value is -2.33. The van der Waals surface area contributed by atoms with Crippen LogP contribution in [-0.2, 0) is 10.2 Å². The van der Waals surface area contributed by atoms with Gasteiger partial charge in [-0.15, -0.1) is 11.3 Å². The van der Waals surface area contributed by atoms with Gasteiger partial charge in [-0.3, -0.25) is 4.79 Å². The zero-order valence-electron chi connectivity index (χ0n) is 14.7. The Morgan fingerprint density at radius 2 is 1.85 bits per heavy atom. The van der Waals surface area contributed by atoms with Crippen molar-refractivity contribution in [1.29, 1.82) is 0 Å². The monoisotopic (exact) mass is 365 g/mol. The van der Waals surface area contributed by atoms with Crippen LogP contribution >= 0.6 is 11.3 Å². The first-order valence-corrected chi connectivity index (χ1v) is 10.1. The molecule has 1 aliphatic carbocycles. The standard InChI is InChI=1S/C22H23NO2S/c24-21(15-25-19-10-9-17-6-1-2-7-18(17)14-19)23-16-22(11-3-4-12-22)20-8-5-13-26-20/h1-2,5-10,13-14H,3-4,11-12,15-16H2,(H,23,24). The molecule has 4 rings (SSSR count). The quantitative estimate of drug-likeness (QED) is 0.674. The number of benzene rings is 2. The minimum Gasteiger partial charge on any atom is -0.484 e. The summed E-state index contributed by atoms with van der Waals surface area (Å²) in [5.41, 5.74) is 0.118. The van der Waals surface area contributed by atoms with Gasteiger partial charge in [0.25, 0.3) is 5.91 Å². The molecule has 0 bridgehead atoms. The molecule has 26 heavy (non-hydrogen) atoms. The molecule has 1 amide bonds. The van der Waals surface area contributed by atoms with E-state index < -0.39 is 0 Å². The van der Waals surface area contributed by atoms with Crippen LogP contribution in [0.15, 0.2) is 60.0 Å². The van der Waals surface area contributed by atoms with E-state index in [0.29, 0.717) is 6.54 Å². The summed E-state index contributed by atoms with van der Waals surface area (Å²) in [7, 11) is 0. The van der Waals surface area contributed by atoms with Crippen molar-refractivity contribution in [3.63, 3.8) is 0 Å². The predicted octanol–water partition coefficient (Wildman–Crippen LogP) is 4.91. The molecule has 0 saturated heterocycles. The second-order valence-electron chi connectivity index (χ2n) is 7.04. The third-order valence-electron chi connectivity index (χ3n) is 5.32. The van der Waals surface area contributed by atoms with Crippen LogP contribution in [0.3, 0.4) is 0 Å². The zero-order chi connectivity index (χ0) is 17.8. The van der Waals surface area contributed by atoms with Gasteiger partial charge in [0.05, 0.1) is 0 Å². The van der Waals surface area contributed by atoms with E-state index in [1.54, 1.807) is 11.3 Å². The molecule has 1 saturated carbocycles. The molecule has 1 heterocycles. The third-order valence-corrected chi connectivity index (χ3v) is 6.44. The minimum absolute atomic E-state index is 0.0544. The Bertz CT molecular complexity index is 882. The zero-order valence-corrected chi connectivity index (χ0v) is 15.6. The molecule has 2 aromatic carbocycles. The lowest BCUT2D eigenvalue weighted by Crippen LogP contribution is -2.40. The number of nitrogens with one attached hydrogen (secondary N) is 1. The lowest BCUT2D eigenvalue weighted by molar-refractivity contribution is -0.123. The first-order valence-electron chi connectivity index (χ1n) is 9.18. The molecule has 1 fully saturated rings. The van der Waals surface area contributed by atoms with Gasteiger partial charge < -0.3 is 10.1 Å². The van der Waals surface area contributed by atoms with E-state index >= 15 is 0 Å². The number of fused-ring (bicyclic) bond motifs is 1. The largest absolute Gasteiger partial charge is 0.484 e. The summed E-state index contributed by atoms with van der Waals surface area (Å²) in [6, 6.07) is 18.4. The van der Waals surface area contributed by atoms with Gasteiger partial charge in [-0.05, 0) is 47.2 Å². The van der Waals surface area contributed by atoms with E-state index in [-0.39, 0.29) is 17.9 Å². The van der Waals surface area contributed by atoms with Crippen molar-refractivity contribution in [2.45, 2.75) is 31.1 Å². The first kappa shape index (κ1) is 17.1. The summed E-state index contributed by atoms with van der Waals surface area (Å²) in [4.78, 5) is 13.7. The fourth-order valence-corrected chi connectivity index (χ4v) is 4.85. The summed E-state index contributed by atoms with van der Waals surface area (Å²) in [5, 5.41) is 7.52. The number of ether oxygens (including phenoxy) is 1. The van der Waals surface area contributed by atoms with E-state index in [1.165, 1.54) is 23.1 Å². The average molecular weight is 365 g/mol. The van der Waals surface area contributed by atoms with E-state index in [1.807, 2.05) is 36.4 Å². The second-order valence-corrected chi connectivity index (χ2v) is 7.99. The van der Waals surface area contributed by atoms with Gasteiger partial charge in [0.1, 0.15) is 5.75 Å². The predicted molar refractivity (Wildman–Crippen MR) is 107 cm³/mol. The number of rotatable bonds is 6. The van der Waals surface area contributed by atoms with Crippen LogP contribution in [0.2, 0.25) is 0 Å². The van der Waals surface area contributed by atoms with Crippen LogP contribution in [0.1, 0.15) is 30.6 Å². The number of carbonyl (C=O) groups excluding carboxylic acids is 1. The highest BCUT2D eigenvalue weighted by atomic mass is 32.1. The van der Waals surface area contributed by atoms with Crippen LogP contribution in [0.5, 0.6) is 5.75 Å². The Balaban J connectivity index is 1.34. The molecule has 1 N–H and O–H groups in total. The molecule has 0 spiro atoms. The molecular formula is C22H23NO2S. The SMILES string of the molecule is O=C(COc1ccc2ccccc2c1)NCC1(c2cccs2)CCCC1.